The van der Waals surface area contributed by atoms with Crippen molar-refractivity contribution in [3.05, 3.63) is 34.6 Å². The summed E-state index contributed by atoms with van der Waals surface area (Å²) >= 11 is 0. The second-order valence-corrected chi connectivity index (χ2v) is 7.20. The third kappa shape index (κ3) is 4.17. The van der Waals surface area contributed by atoms with Crippen molar-refractivity contribution in [3.63, 3.8) is 0 Å². The molecule has 0 aliphatic carbocycles. The first-order valence-electron chi connectivity index (χ1n) is 9.65. The molecule has 2 aromatic rings. The normalized spacial score (nSPS) is 21.0. The Hall–Kier alpha value is -2.32. The molecule has 2 aliphatic heterocycles. The highest BCUT2D eigenvalue weighted by Crippen LogP contribution is 2.14. The van der Waals surface area contributed by atoms with E-state index in [0.29, 0.717) is 17.0 Å². The number of amides is 1. The van der Waals surface area contributed by atoms with Gasteiger partial charge in [0.25, 0.3) is 5.56 Å². The zero-order chi connectivity index (χ0) is 18.6. The maximum Gasteiger partial charge on any atom is 0.277 e. The van der Waals surface area contributed by atoms with Crippen LogP contribution in [0.25, 0.3) is 10.9 Å². The molecule has 144 valence electrons. The number of ether oxygens (including phenoxy) is 1. The van der Waals surface area contributed by atoms with Crippen LogP contribution in [0.2, 0.25) is 0 Å². The van der Waals surface area contributed by atoms with Gasteiger partial charge in [0.2, 0.25) is 5.91 Å². The zero-order valence-corrected chi connectivity index (χ0v) is 15.4. The minimum absolute atomic E-state index is 0.0635. The molecule has 1 aromatic heterocycles. The van der Waals surface area contributed by atoms with Crippen LogP contribution in [0.3, 0.4) is 0 Å². The molecule has 1 aromatic carbocycles. The molecule has 2 aliphatic rings. The fraction of sp³-hybridized carbons (Fsp3) is 0.579. The summed E-state index contributed by atoms with van der Waals surface area (Å²) in [5, 5.41) is 8.55. The van der Waals surface area contributed by atoms with Crippen LogP contribution < -0.4 is 5.56 Å². The van der Waals surface area contributed by atoms with Crippen LogP contribution in [0.15, 0.2) is 29.1 Å². The molecule has 0 N–H and O–H groups in total. The smallest absolute Gasteiger partial charge is 0.277 e. The second kappa shape index (κ2) is 8.14. The highest BCUT2D eigenvalue weighted by Gasteiger charge is 2.24. The molecular formula is C19H25N5O3. The van der Waals surface area contributed by atoms with Crippen LogP contribution in [0, 0.1) is 0 Å². The van der Waals surface area contributed by atoms with E-state index < -0.39 is 0 Å². The summed E-state index contributed by atoms with van der Waals surface area (Å²) in [6.45, 7) is 5.30. The van der Waals surface area contributed by atoms with Crippen LogP contribution in [0.4, 0.5) is 0 Å². The van der Waals surface area contributed by atoms with Gasteiger partial charge < -0.3 is 9.64 Å². The average Bonchev–Trinajstić information content (AvgIpc) is 3.21. The molecule has 4 rings (SSSR count). The molecule has 8 heteroatoms. The van der Waals surface area contributed by atoms with E-state index in [0.717, 1.165) is 52.2 Å². The van der Waals surface area contributed by atoms with Gasteiger partial charge >= 0.3 is 0 Å². The number of aryl methyl sites for hydroxylation is 1. The summed E-state index contributed by atoms with van der Waals surface area (Å²) in [6, 6.07) is 7.12. The summed E-state index contributed by atoms with van der Waals surface area (Å²) in [7, 11) is 0. The maximum atomic E-state index is 12.5. The lowest BCUT2D eigenvalue weighted by Crippen LogP contribution is -2.50. The minimum atomic E-state index is -0.199. The van der Waals surface area contributed by atoms with Crippen molar-refractivity contribution in [2.45, 2.75) is 31.9 Å². The van der Waals surface area contributed by atoms with Gasteiger partial charge in [0.15, 0.2) is 0 Å². The van der Waals surface area contributed by atoms with Gasteiger partial charge in [-0.1, -0.05) is 17.3 Å². The fourth-order valence-corrected chi connectivity index (χ4v) is 3.79. The maximum absolute atomic E-state index is 12.5. The molecule has 27 heavy (non-hydrogen) atoms. The predicted octanol–water partition coefficient (Wildman–Crippen LogP) is 0.505. The van der Waals surface area contributed by atoms with E-state index in [-0.39, 0.29) is 24.4 Å². The van der Waals surface area contributed by atoms with Gasteiger partial charge in [-0.05, 0) is 25.0 Å². The van der Waals surface area contributed by atoms with Crippen molar-refractivity contribution in [3.8, 4) is 0 Å². The predicted molar refractivity (Wildman–Crippen MR) is 100 cm³/mol. The van der Waals surface area contributed by atoms with Crippen molar-refractivity contribution < 1.29 is 9.53 Å². The lowest BCUT2D eigenvalue weighted by Gasteiger charge is -2.35. The second-order valence-electron chi connectivity index (χ2n) is 7.20. The van der Waals surface area contributed by atoms with Crippen LogP contribution >= 0.6 is 0 Å². The number of rotatable bonds is 5. The van der Waals surface area contributed by atoms with Crippen molar-refractivity contribution >= 4 is 16.8 Å². The quantitative estimate of drug-likeness (QED) is 0.762. The molecule has 1 atom stereocenters. The Morgan fingerprint density at radius 1 is 1.19 bits per heavy atom. The lowest BCUT2D eigenvalue weighted by atomic mass is 10.2. The lowest BCUT2D eigenvalue weighted by molar-refractivity contribution is -0.133. The van der Waals surface area contributed by atoms with Gasteiger partial charge in [-0.3, -0.25) is 14.5 Å². The Kier molecular flexibility index (Phi) is 5.45. The van der Waals surface area contributed by atoms with Crippen molar-refractivity contribution in [1.82, 2.24) is 24.8 Å². The number of carbonyl (C=O) groups is 1. The van der Waals surface area contributed by atoms with E-state index in [1.165, 1.54) is 4.68 Å². The number of fused-ring (bicyclic) bond motifs is 1. The summed E-state index contributed by atoms with van der Waals surface area (Å²) in [6.07, 6.45) is 2.91. The van der Waals surface area contributed by atoms with Gasteiger partial charge in [0.1, 0.15) is 5.52 Å². The monoisotopic (exact) mass is 371 g/mol. The van der Waals surface area contributed by atoms with Gasteiger partial charge in [-0.2, -0.15) is 0 Å². The number of carbonyl (C=O) groups excluding carboxylic acids is 1. The number of hydrogen-bond acceptors (Lipinski definition) is 6. The molecule has 0 radical (unpaired) electrons. The third-order valence-corrected chi connectivity index (χ3v) is 5.38. The van der Waals surface area contributed by atoms with Crippen LogP contribution in [-0.2, 0) is 16.1 Å². The summed E-state index contributed by atoms with van der Waals surface area (Å²) in [4.78, 5) is 29.2. The first kappa shape index (κ1) is 18.1. The fourth-order valence-electron chi connectivity index (χ4n) is 3.79. The molecule has 8 nitrogen and oxygen atoms in total. The molecular weight excluding hydrogens is 346 g/mol. The van der Waals surface area contributed by atoms with Gasteiger partial charge in [-0.25, -0.2) is 4.68 Å². The molecule has 0 saturated carbocycles. The molecule has 1 unspecified atom stereocenters. The number of piperazine rings is 1. The Balaban J connectivity index is 1.29. The van der Waals surface area contributed by atoms with E-state index in [2.05, 4.69) is 15.2 Å². The SMILES string of the molecule is O=C(CCn1nnc2ccccc2c1=O)N1CCN(CC2CCCO2)CC1. The summed E-state index contributed by atoms with van der Waals surface area (Å²) in [5.41, 5.74) is 0.377. The molecule has 0 bridgehead atoms. The summed E-state index contributed by atoms with van der Waals surface area (Å²) in [5.74, 6) is 0.0635. The van der Waals surface area contributed by atoms with Crippen LogP contribution in [0.1, 0.15) is 19.3 Å². The van der Waals surface area contributed by atoms with Crippen molar-refractivity contribution in [2.24, 2.45) is 0 Å². The topological polar surface area (TPSA) is 80.6 Å². The first-order chi connectivity index (χ1) is 13.2. The number of benzene rings is 1. The number of hydrogen-bond donors (Lipinski definition) is 0. The highest BCUT2D eigenvalue weighted by atomic mass is 16.5. The molecule has 0 spiro atoms. The van der Waals surface area contributed by atoms with E-state index >= 15 is 0 Å². The Labute approximate surface area is 157 Å². The highest BCUT2D eigenvalue weighted by molar-refractivity contribution is 5.77. The Morgan fingerprint density at radius 2 is 2.00 bits per heavy atom. The van der Waals surface area contributed by atoms with Crippen LogP contribution in [-0.4, -0.2) is 76.1 Å². The average molecular weight is 371 g/mol. The first-order valence-corrected chi connectivity index (χ1v) is 9.65. The van der Waals surface area contributed by atoms with Crippen molar-refractivity contribution in [2.75, 3.05) is 39.3 Å². The van der Waals surface area contributed by atoms with E-state index in [1.807, 2.05) is 11.0 Å². The standard InChI is InChI=1S/C19H25N5O3/c25-18(23-11-9-22(10-12-23)14-15-4-3-13-27-15)7-8-24-19(26)16-5-1-2-6-17(16)20-21-24/h1-2,5-6,15H,3-4,7-14H2. The minimum Gasteiger partial charge on any atom is -0.377 e. The molecule has 2 saturated heterocycles. The largest absolute Gasteiger partial charge is 0.377 e. The van der Waals surface area contributed by atoms with Gasteiger partial charge in [0.05, 0.1) is 18.0 Å². The Morgan fingerprint density at radius 3 is 2.78 bits per heavy atom. The zero-order valence-electron chi connectivity index (χ0n) is 15.4. The van der Waals surface area contributed by atoms with E-state index in [1.54, 1.807) is 18.2 Å². The van der Waals surface area contributed by atoms with Crippen molar-refractivity contribution in [1.29, 1.82) is 0 Å². The summed E-state index contributed by atoms with van der Waals surface area (Å²) < 4.78 is 6.98. The molecule has 1 amide bonds. The van der Waals surface area contributed by atoms with Gasteiger partial charge in [-0.15, -0.1) is 5.10 Å². The molecule has 3 heterocycles. The Bertz CT molecular complexity index is 854. The van der Waals surface area contributed by atoms with Crippen LogP contribution in [0.5, 0.6) is 0 Å². The number of aromatic nitrogens is 3. The third-order valence-electron chi connectivity index (χ3n) is 5.38. The van der Waals surface area contributed by atoms with E-state index in [4.69, 9.17) is 4.74 Å². The number of nitrogens with zero attached hydrogens (tertiary/aromatic N) is 5. The molecule has 2 fully saturated rings. The van der Waals surface area contributed by atoms with Gasteiger partial charge in [0, 0.05) is 45.8 Å². The van der Waals surface area contributed by atoms with E-state index in [9.17, 15) is 9.59 Å².